The molecule has 20 heavy (non-hydrogen) atoms. The van der Waals surface area contributed by atoms with Crippen molar-refractivity contribution in [3.63, 3.8) is 0 Å². The van der Waals surface area contributed by atoms with Crippen LogP contribution in [-0.4, -0.2) is 25.1 Å². The van der Waals surface area contributed by atoms with Gasteiger partial charge in [-0.1, -0.05) is 44.7 Å². The summed E-state index contributed by atoms with van der Waals surface area (Å²) >= 11 is 0. The number of methoxy groups -OCH3 is 1. The van der Waals surface area contributed by atoms with Gasteiger partial charge in [-0.05, 0) is 30.5 Å². The molecule has 0 N–H and O–H groups in total. The van der Waals surface area contributed by atoms with E-state index in [9.17, 15) is 0 Å². The van der Waals surface area contributed by atoms with Crippen LogP contribution in [0.25, 0.3) is 0 Å². The Hall–Kier alpha value is -1.62. The van der Waals surface area contributed by atoms with Crippen molar-refractivity contribution in [2.75, 3.05) is 20.2 Å². The lowest BCUT2D eigenvalue weighted by molar-refractivity contribution is 0.380. The van der Waals surface area contributed by atoms with Crippen LogP contribution in [0.15, 0.2) is 24.3 Å². The largest absolute Gasteiger partial charge is 0.497 e. The molecule has 0 aliphatic carbocycles. The van der Waals surface area contributed by atoms with Crippen molar-refractivity contribution in [1.29, 1.82) is 0 Å². The summed E-state index contributed by atoms with van der Waals surface area (Å²) in [6.45, 7) is 6.63. The fourth-order valence-corrected chi connectivity index (χ4v) is 1.92. The van der Waals surface area contributed by atoms with E-state index in [1.54, 1.807) is 7.11 Å². The van der Waals surface area contributed by atoms with E-state index in [1.165, 1.54) is 31.2 Å². The van der Waals surface area contributed by atoms with Crippen LogP contribution in [0.2, 0.25) is 0 Å². The summed E-state index contributed by atoms with van der Waals surface area (Å²) in [4.78, 5) is 2.27. The SMILES string of the molecule is CCCCN(C#CCc1ccc(OC)cc1)CCCC. The molecule has 0 aliphatic heterocycles. The topological polar surface area (TPSA) is 12.5 Å². The van der Waals surface area contributed by atoms with Crippen LogP contribution < -0.4 is 4.74 Å². The maximum atomic E-state index is 5.16. The molecule has 0 spiro atoms. The molecule has 110 valence electrons. The molecule has 0 unspecified atom stereocenters. The number of hydrogen-bond donors (Lipinski definition) is 0. The van der Waals surface area contributed by atoms with Gasteiger partial charge in [0.05, 0.1) is 7.11 Å². The monoisotopic (exact) mass is 273 g/mol. The maximum absolute atomic E-state index is 5.16. The summed E-state index contributed by atoms with van der Waals surface area (Å²) in [7, 11) is 1.69. The van der Waals surface area contributed by atoms with Gasteiger partial charge in [0.2, 0.25) is 0 Å². The van der Waals surface area contributed by atoms with Crippen molar-refractivity contribution in [2.45, 2.75) is 46.0 Å². The predicted molar refractivity (Wildman–Crippen MR) is 85.9 cm³/mol. The van der Waals surface area contributed by atoms with Gasteiger partial charge < -0.3 is 9.64 Å². The Morgan fingerprint density at radius 2 is 1.60 bits per heavy atom. The zero-order valence-electron chi connectivity index (χ0n) is 13.1. The molecule has 0 amide bonds. The Bertz CT molecular complexity index is 405. The Morgan fingerprint density at radius 1 is 1.00 bits per heavy atom. The lowest BCUT2D eigenvalue weighted by Gasteiger charge is -2.16. The number of benzene rings is 1. The van der Waals surface area contributed by atoms with Crippen LogP contribution in [0.5, 0.6) is 5.75 Å². The maximum Gasteiger partial charge on any atom is 0.118 e. The van der Waals surface area contributed by atoms with E-state index < -0.39 is 0 Å². The van der Waals surface area contributed by atoms with E-state index in [0.717, 1.165) is 25.3 Å². The molecule has 1 rings (SSSR count). The van der Waals surface area contributed by atoms with E-state index in [4.69, 9.17) is 4.74 Å². The highest BCUT2D eigenvalue weighted by atomic mass is 16.5. The average molecular weight is 273 g/mol. The number of unbranched alkanes of at least 4 members (excludes halogenated alkanes) is 2. The molecule has 1 aromatic carbocycles. The molecule has 0 radical (unpaired) electrons. The molecule has 2 nitrogen and oxygen atoms in total. The molecule has 0 aromatic heterocycles. The number of rotatable bonds is 8. The van der Waals surface area contributed by atoms with E-state index in [0.29, 0.717) is 0 Å². The summed E-state index contributed by atoms with van der Waals surface area (Å²) in [5.74, 6) is 4.19. The third-order valence-corrected chi connectivity index (χ3v) is 3.25. The Balaban J connectivity index is 2.49. The minimum atomic E-state index is 0.804. The molecule has 2 heteroatoms. The van der Waals surface area contributed by atoms with Crippen LogP contribution in [-0.2, 0) is 6.42 Å². The van der Waals surface area contributed by atoms with Gasteiger partial charge in [-0.25, -0.2) is 0 Å². The fraction of sp³-hybridized carbons (Fsp3) is 0.556. The van der Waals surface area contributed by atoms with E-state index >= 15 is 0 Å². The Morgan fingerprint density at radius 3 is 2.10 bits per heavy atom. The Kier molecular flexibility index (Phi) is 8.38. The number of ether oxygens (including phenoxy) is 1. The summed E-state index contributed by atoms with van der Waals surface area (Å²) < 4.78 is 5.16. The van der Waals surface area contributed by atoms with Gasteiger partial charge in [0, 0.05) is 25.6 Å². The van der Waals surface area contributed by atoms with E-state index in [1.807, 2.05) is 12.1 Å². The van der Waals surface area contributed by atoms with Gasteiger partial charge in [-0.15, -0.1) is 0 Å². The van der Waals surface area contributed by atoms with Crippen LogP contribution in [0.4, 0.5) is 0 Å². The van der Waals surface area contributed by atoms with Gasteiger partial charge in [-0.3, -0.25) is 0 Å². The third kappa shape index (κ3) is 6.52. The second-order valence-corrected chi connectivity index (χ2v) is 5.01. The van der Waals surface area contributed by atoms with Crippen molar-refractivity contribution >= 4 is 0 Å². The fourth-order valence-electron chi connectivity index (χ4n) is 1.92. The van der Waals surface area contributed by atoms with Crippen molar-refractivity contribution < 1.29 is 4.74 Å². The van der Waals surface area contributed by atoms with Crippen LogP contribution >= 0.6 is 0 Å². The lowest BCUT2D eigenvalue weighted by Crippen LogP contribution is -2.20. The predicted octanol–water partition coefficient (Wildman–Crippen LogP) is 4.10. The first-order chi connectivity index (χ1) is 9.80. The molecule has 0 bridgehead atoms. The molecule has 0 saturated carbocycles. The summed E-state index contributed by atoms with van der Waals surface area (Å²) in [5, 5.41) is 0. The normalized spacial score (nSPS) is 9.75. The van der Waals surface area contributed by atoms with Crippen molar-refractivity contribution in [3.8, 4) is 17.7 Å². The molecule has 1 aromatic rings. The minimum absolute atomic E-state index is 0.804. The summed E-state index contributed by atoms with van der Waals surface area (Å²) in [6, 6.07) is 11.5. The second kappa shape index (κ2) is 10.2. The van der Waals surface area contributed by atoms with E-state index in [-0.39, 0.29) is 0 Å². The molecule has 0 fully saturated rings. The second-order valence-electron chi connectivity index (χ2n) is 5.01. The van der Waals surface area contributed by atoms with Crippen molar-refractivity contribution in [1.82, 2.24) is 4.90 Å². The van der Waals surface area contributed by atoms with E-state index in [2.05, 4.69) is 42.8 Å². The molecule has 0 heterocycles. The molecule has 0 atom stereocenters. The standard InChI is InChI=1S/C18H27NO/c1-4-6-14-19(15-7-5-2)16-8-9-17-10-12-18(20-3)13-11-17/h10-13H,4-7,9,14-15H2,1-3H3. The summed E-state index contributed by atoms with van der Waals surface area (Å²) in [6.07, 6.45) is 5.70. The van der Waals surface area contributed by atoms with Gasteiger partial charge in [0.25, 0.3) is 0 Å². The highest BCUT2D eigenvalue weighted by molar-refractivity contribution is 5.29. The van der Waals surface area contributed by atoms with Gasteiger partial charge >= 0.3 is 0 Å². The van der Waals surface area contributed by atoms with Crippen molar-refractivity contribution in [3.05, 3.63) is 29.8 Å². The molecule has 0 saturated heterocycles. The smallest absolute Gasteiger partial charge is 0.118 e. The minimum Gasteiger partial charge on any atom is -0.497 e. The summed E-state index contributed by atoms with van der Waals surface area (Å²) in [5.41, 5.74) is 1.24. The molecular formula is C18H27NO. The van der Waals surface area contributed by atoms with Gasteiger partial charge in [-0.2, -0.15) is 0 Å². The first kappa shape index (κ1) is 16.4. The first-order valence-electron chi connectivity index (χ1n) is 7.66. The highest BCUT2D eigenvalue weighted by Gasteiger charge is 1.98. The quantitative estimate of drug-likeness (QED) is 0.522. The Labute approximate surface area is 124 Å². The first-order valence-corrected chi connectivity index (χ1v) is 7.66. The highest BCUT2D eigenvalue weighted by Crippen LogP contribution is 2.11. The average Bonchev–Trinajstić information content (AvgIpc) is 2.50. The van der Waals surface area contributed by atoms with Crippen LogP contribution in [0.3, 0.4) is 0 Å². The number of hydrogen-bond acceptors (Lipinski definition) is 2. The molecule has 0 aliphatic rings. The van der Waals surface area contributed by atoms with Crippen LogP contribution in [0, 0.1) is 12.0 Å². The zero-order valence-corrected chi connectivity index (χ0v) is 13.1. The molecular weight excluding hydrogens is 246 g/mol. The van der Waals surface area contributed by atoms with Crippen molar-refractivity contribution in [2.24, 2.45) is 0 Å². The zero-order chi connectivity index (χ0) is 14.6. The van der Waals surface area contributed by atoms with Gasteiger partial charge in [0.1, 0.15) is 5.75 Å². The van der Waals surface area contributed by atoms with Crippen LogP contribution in [0.1, 0.15) is 45.1 Å². The lowest BCUT2D eigenvalue weighted by atomic mass is 10.1. The number of nitrogens with zero attached hydrogens (tertiary/aromatic N) is 1. The van der Waals surface area contributed by atoms with Gasteiger partial charge in [0.15, 0.2) is 0 Å². The third-order valence-electron chi connectivity index (χ3n) is 3.25.